The number of nitriles is 1. The second-order valence-electron chi connectivity index (χ2n) is 5.64. The third-order valence-corrected chi connectivity index (χ3v) is 4.44. The number of alkyl halides is 3. The van der Waals surface area contributed by atoms with E-state index in [1.165, 1.54) is 24.1 Å². The molecule has 1 saturated heterocycles. The van der Waals surface area contributed by atoms with Crippen molar-refractivity contribution in [3.63, 3.8) is 0 Å². The molecule has 1 heterocycles. The summed E-state index contributed by atoms with van der Waals surface area (Å²) in [6.07, 6.45) is -4.72. The summed E-state index contributed by atoms with van der Waals surface area (Å²) in [6.45, 7) is -0.105. The lowest BCUT2D eigenvalue weighted by molar-refractivity contribution is -0.137. The average molecular weight is 391 g/mol. The number of amides is 1. The Morgan fingerprint density at radius 1 is 1.15 bits per heavy atom. The van der Waals surface area contributed by atoms with Crippen LogP contribution in [0.2, 0.25) is 0 Å². The van der Waals surface area contributed by atoms with Crippen LogP contribution in [0, 0.1) is 11.3 Å². The van der Waals surface area contributed by atoms with Gasteiger partial charge in [0.05, 0.1) is 30.0 Å². The number of halogens is 3. The molecule has 0 bridgehead atoms. The van der Waals surface area contributed by atoms with Gasteiger partial charge in [0.2, 0.25) is 0 Å². The van der Waals surface area contributed by atoms with Crippen LogP contribution in [0.15, 0.2) is 42.5 Å². The van der Waals surface area contributed by atoms with Crippen LogP contribution in [0.4, 0.5) is 24.5 Å². The number of anilines is 2. The topological polar surface area (TPSA) is 56.6 Å². The van der Waals surface area contributed by atoms with Crippen molar-refractivity contribution in [3.8, 4) is 11.8 Å². The van der Waals surface area contributed by atoms with Gasteiger partial charge in [-0.15, -0.1) is 0 Å². The number of benzene rings is 2. The van der Waals surface area contributed by atoms with Gasteiger partial charge in [0.1, 0.15) is 12.3 Å². The molecular weight excluding hydrogens is 379 g/mol. The third-order valence-electron chi connectivity index (χ3n) is 4.04. The van der Waals surface area contributed by atoms with Gasteiger partial charge in [-0.2, -0.15) is 18.4 Å². The zero-order valence-corrected chi connectivity index (χ0v) is 14.8. The van der Waals surface area contributed by atoms with Crippen molar-refractivity contribution in [1.82, 2.24) is 0 Å². The highest BCUT2D eigenvalue weighted by molar-refractivity contribution is 7.81. The van der Waals surface area contributed by atoms with Crippen LogP contribution in [0.1, 0.15) is 11.1 Å². The van der Waals surface area contributed by atoms with E-state index in [0.29, 0.717) is 11.4 Å². The van der Waals surface area contributed by atoms with Gasteiger partial charge in [0.25, 0.3) is 5.91 Å². The lowest BCUT2D eigenvalue weighted by Crippen LogP contribution is -2.33. The van der Waals surface area contributed by atoms with Gasteiger partial charge < -0.3 is 9.64 Å². The normalized spacial score (nSPS) is 14.5. The molecule has 3 rings (SSSR count). The summed E-state index contributed by atoms with van der Waals surface area (Å²) in [6, 6.07) is 11.3. The van der Waals surface area contributed by atoms with E-state index in [4.69, 9.17) is 22.2 Å². The van der Waals surface area contributed by atoms with Crippen LogP contribution in [0.25, 0.3) is 0 Å². The maximum atomic E-state index is 13.2. The van der Waals surface area contributed by atoms with Crippen LogP contribution in [0.3, 0.4) is 0 Å². The second-order valence-corrected chi connectivity index (χ2v) is 6.00. The zero-order valence-electron chi connectivity index (χ0n) is 13.9. The molecule has 1 aliphatic heterocycles. The van der Waals surface area contributed by atoms with Gasteiger partial charge in [0, 0.05) is 5.69 Å². The van der Waals surface area contributed by atoms with Crippen molar-refractivity contribution in [3.05, 3.63) is 53.6 Å². The molecule has 2 aromatic rings. The van der Waals surface area contributed by atoms with Gasteiger partial charge in [-0.1, -0.05) is 0 Å². The molecule has 0 aromatic heterocycles. The molecule has 1 amide bonds. The Morgan fingerprint density at radius 2 is 1.78 bits per heavy atom. The standard InChI is InChI=1S/C18H12F3N3O2S/c1-26-14-6-4-12(5-7-14)23-10-16(25)24(17(23)27)13-3-2-11(9-22)15(8-13)18(19,20)21/h2-8H,10H2,1H3. The maximum absolute atomic E-state index is 13.2. The molecule has 9 heteroatoms. The lowest BCUT2D eigenvalue weighted by atomic mass is 10.1. The molecule has 0 N–H and O–H groups in total. The smallest absolute Gasteiger partial charge is 0.417 e. The first-order valence-corrected chi connectivity index (χ1v) is 8.07. The number of hydrogen-bond acceptors (Lipinski definition) is 4. The number of carbonyl (C=O) groups is 1. The maximum Gasteiger partial charge on any atom is 0.417 e. The van der Waals surface area contributed by atoms with Crippen LogP contribution in [-0.4, -0.2) is 24.7 Å². The van der Waals surface area contributed by atoms with Gasteiger partial charge >= 0.3 is 6.18 Å². The van der Waals surface area contributed by atoms with Crippen LogP contribution in [0.5, 0.6) is 5.75 Å². The van der Waals surface area contributed by atoms with Gasteiger partial charge in [0.15, 0.2) is 5.11 Å². The number of rotatable bonds is 3. The van der Waals surface area contributed by atoms with Crippen molar-refractivity contribution in [1.29, 1.82) is 5.26 Å². The monoisotopic (exact) mass is 391 g/mol. The Labute approximate surface area is 158 Å². The molecule has 0 radical (unpaired) electrons. The molecule has 138 valence electrons. The molecule has 2 aromatic carbocycles. The molecule has 0 spiro atoms. The summed E-state index contributed by atoms with van der Waals surface area (Å²) in [5.41, 5.74) is -1.05. The Bertz CT molecular complexity index is 952. The first kappa shape index (κ1) is 18.7. The summed E-state index contributed by atoms with van der Waals surface area (Å²) < 4.78 is 44.7. The predicted molar refractivity (Wildman–Crippen MR) is 96.6 cm³/mol. The molecule has 1 fully saturated rings. The van der Waals surface area contributed by atoms with Crippen molar-refractivity contribution < 1.29 is 22.7 Å². The van der Waals surface area contributed by atoms with E-state index in [1.54, 1.807) is 24.3 Å². The third kappa shape index (κ3) is 3.44. The number of thiocarbonyl (C=S) groups is 1. The summed E-state index contributed by atoms with van der Waals surface area (Å²) in [5.74, 6) is 0.155. The number of ether oxygens (including phenoxy) is 1. The Hall–Kier alpha value is -3.12. The van der Waals surface area contributed by atoms with Gasteiger partial charge in [-0.3, -0.25) is 9.69 Å². The minimum Gasteiger partial charge on any atom is -0.497 e. The molecule has 1 aliphatic rings. The number of hydrogen-bond donors (Lipinski definition) is 0. The SMILES string of the molecule is COc1ccc(N2CC(=O)N(c3ccc(C#N)c(C(F)(F)F)c3)C2=S)cc1. The number of carbonyl (C=O) groups excluding carboxylic acids is 1. The van der Waals surface area contributed by atoms with Crippen molar-refractivity contribution >= 4 is 34.6 Å². The van der Waals surface area contributed by atoms with Crippen molar-refractivity contribution in [2.75, 3.05) is 23.5 Å². The quantitative estimate of drug-likeness (QED) is 0.747. The van der Waals surface area contributed by atoms with Crippen molar-refractivity contribution in [2.45, 2.75) is 6.18 Å². The molecular formula is C18H12F3N3O2S. The fourth-order valence-electron chi connectivity index (χ4n) is 2.72. The average Bonchev–Trinajstić information content (AvgIpc) is 2.95. The Morgan fingerprint density at radius 3 is 2.33 bits per heavy atom. The minimum atomic E-state index is -4.72. The molecule has 27 heavy (non-hydrogen) atoms. The molecule has 0 unspecified atom stereocenters. The first-order chi connectivity index (χ1) is 12.8. The van der Waals surface area contributed by atoms with Gasteiger partial charge in [-0.25, -0.2) is 0 Å². The van der Waals surface area contributed by atoms with Crippen LogP contribution >= 0.6 is 12.2 Å². The highest BCUT2D eigenvalue weighted by Crippen LogP contribution is 2.36. The predicted octanol–water partition coefficient (Wildman–Crippen LogP) is 3.72. The summed E-state index contributed by atoms with van der Waals surface area (Å²) >= 11 is 5.32. The second kappa shape index (κ2) is 6.89. The molecule has 0 atom stereocenters. The summed E-state index contributed by atoms with van der Waals surface area (Å²) in [7, 11) is 1.52. The Balaban J connectivity index is 1.97. The van der Waals surface area contributed by atoms with Gasteiger partial charge in [-0.05, 0) is 54.7 Å². The van der Waals surface area contributed by atoms with E-state index in [0.717, 1.165) is 17.0 Å². The molecule has 0 aliphatic carbocycles. The highest BCUT2D eigenvalue weighted by atomic mass is 32.1. The number of methoxy groups -OCH3 is 1. The number of nitrogens with zero attached hydrogens (tertiary/aromatic N) is 3. The summed E-state index contributed by atoms with van der Waals surface area (Å²) in [5, 5.41) is 8.96. The lowest BCUT2D eigenvalue weighted by Gasteiger charge is -2.21. The van der Waals surface area contributed by atoms with E-state index in [9.17, 15) is 18.0 Å². The van der Waals surface area contributed by atoms with Crippen LogP contribution in [-0.2, 0) is 11.0 Å². The Kier molecular flexibility index (Phi) is 4.76. The van der Waals surface area contributed by atoms with E-state index in [-0.39, 0.29) is 17.3 Å². The largest absolute Gasteiger partial charge is 0.497 e. The molecule has 0 saturated carbocycles. The minimum absolute atomic E-state index is 0.0349. The van der Waals surface area contributed by atoms with Crippen LogP contribution < -0.4 is 14.5 Å². The van der Waals surface area contributed by atoms with E-state index in [2.05, 4.69) is 0 Å². The van der Waals surface area contributed by atoms with Crippen molar-refractivity contribution in [2.24, 2.45) is 0 Å². The first-order valence-electron chi connectivity index (χ1n) is 7.66. The fourth-order valence-corrected chi connectivity index (χ4v) is 3.10. The van der Waals surface area contributed by atoms with E-state index < -0.39 is 23.2 Å². The zero-order chi connectivity index (χ0) is 19.8. The fraction of sp³-hybridized carbons (Fsp3) is 0.167. The van der Waals surface area contributed by atoms with E-state index in [1.807, 2.05) is 0 Å². The molecule has 5 nitrogen and oxygen atoms in total. The highest BCUT2D eigenvalue weighted by Gasteiger charge is 2.38. The summed E-state index contributed by atoms with van der Waals surface area (Å²) in [4.78, 5) is 15.0. The van der Waals surface area contributed by atoms with E-state index >= 15 is 0 Å².